The molecule has 0 atom stereocenters. The Morgan fingerprint density at radius 1 is 1.10 bits per heavy atom. The maximum Gasteiger partial charge on any atom is 0.303 e. The number of sulfonamides is 1. The van der Waals surface area contributed by atoms with E-state index >= 15 is 0 Å². The predicted octanol–water partition coefficient (Wildman–Crippen LogP) is 2.87. The van der Waals surface area contributed by atoms with Crippen molar-refractivity contribution >= 4 is 49.2 Å². The first-order chi connectivity index (χ1) is 14.2. The maximum atomic E-state index is 12.6. The lowest BCUT2D eigenvalue weighted by Crippen LogP contribution is -2.13. The van der Waals surface area contributed by atoms with E-state index in [9.17, 15) is 18.0 Å². The molecule has 2 aromatic heterocycles. The summed E-state index contributed by atoms with van der Waals surface area (Å²) in [4.78, 5) is 27.0. The van der Waals surface area contributed by atoms with Crippen molar-refractivity contribution in [2.75, 3.05) is 10.5 Å². The van der Waals surface area contributed by atoms with Crippen LogP contribution in [-0.2, 0) is 14.8 Å². The summed E-state index contributed by atoms with van der Waals surface area (Å²) < 4.78 is 27.8. The molecule has 0 fully saturated rings. The number of nitrogen functional groups attached to an aromatic ring is 1. The zero-order valence-electron chi connectivity index (χ0n) is 16.0. The van der Waals surface area contributed by atoms with Crippen LogP contribution in [0.1, 0.15) is 13.3 Å². The minimum absolute atomic E-state index is 0.103. The molecule has 0 spiro atoms. The smallest absolute Gasteiger partial charge is 0.303 e. The summed E-state index contributed by atoms with van der Waals surface area (Å²) in [7, 11) is -3.77. The quantitative estimate of drug-likeness (QED) is 0.314. The zero-order chi connectivity index (χ0) is 21.9. The average molecular weight is 428 g/mol. The van der Waals surface area contributed by atoms with Gasteiger partial charge in [0.05, 0.1) is 4.90 Å². The number of nitrogens with one attached hydrogen (secondary N) is 3. The average Bonchev–Trinajstić information content (AvgIpc) is 3.21. The van der Waals surface area contributed by atoms with Crippen LogP contribution in [0.3, 0.4) is 0 Å². The fourth-order valence-corrected chi connectivity index (χ4v) is 3.84. The first kappa shape index (κ1) is 20.9. The van der Waals surface area contributed by atoms with Gasteiger partial charge in [-0.15, -0.1) is 0 Å². The van der Waals surface area contributed by atoms with E-state index in [4.69, 9.17) is 10.8 Å². The summed E-state index contributed by atoms with van der Waals surface area (Å²) >= 11 is 0. The van der Waals surface area contributed by atoms with Gasteiger partial charge in [-0.2, -0.15) is 0 Å². The Morgan fingerprint density at radius 3 is 2.40 bits per heavy atom. The minimum atomic E-state index is -3.77. The Bertz CT molecular complexity index is 1370. The molecule has 10 heteroatoms. The van der Waals surface area contributed by atoms with E-state index in [0.29, 0.717) is 33.2 Å². The van der Waals surface area contributed by atoms with Gasteiger partial charge in [0.1, 0.15) is 5.52 Å². The second-order valence-electron chi connectivity index (χ2n) is 6.40. The number of benzene rings is 2. The molecular formula is C20H20N4O5S. The minimum Gasteiger partial charge on any atom is -0.481 e. The van der Waals surface area contributed by atoms with Crippen LogP contribution in [0.15, 0.2) is 64.4 Å². The van der Waals surface area contributed by atoms with Gasteiger partial charge in [0, 0.05) is 40.3 Å². The highest BCUT2D eigenvalue weighted by Gasteiger charge is 2.16. The first-order valence-electron chi connectivity index (χ1n) is 8.94. The number of rotatable bonds is 4. The number of hydrogen-bond acceptors (Lipinski definition) is 5. The van der Waals surface area contributed by atoms with Gasteiger partial charge in [-0.25, -0.2) is 8.42 Å². The van der Waals surface area contributed by atoms with Crippen LogP contribution in [0, 0.1) is 0 Å². The highest BCUT2D eigenvalue weighted by atomic mass is 32.2. The third-order valence-corrected chi connectivity index (χ3v) is 5.66. The number of carboxylic acid groups (broad SMARTS) is 1. The molecule has 2 aromatic carbocycles. The van der Waals surface area contributed by atoms with Crippen molar-refractivity contribution in [1.82, 2.24) is 9.97 Å². The van der Waals surface area contributed by atoms with E-state index in [1.54, 1.807) is 55.6 Å². The number of carbonyl (C=O) groups is 1. The zero-order valence-corrected chi connectivity index (χ0v) is 16.8. The van der Waals surface area contributed by atoms with Crippen molar-refractivity contribution in [2.24, 2.45) is 0 Å². The second-order valence-corrected chi connectivity index (χ2v) is 8.09. The Hall–Kier alpha value is -3.79. The van der Waals surface area contributed by atoms with Crippen molar-refractivity contribution in [3.63, 3.8) is 0 Å². The normalized spacial score (nSPS) is 11.1. The Balaban J connectivity index is 0.000000461. The van der Waals surface area contributed by atoms with Crippen LogP contribution in [0.25, 0.3) is 21.8 Å². The second kappa shape index (κ2) is 8.29. The standard InChI is InChI=1S/C17H14N4O3S.C3H6O2/c18-10-1-3-11(4-2-10)21-25(23,24)12-5-6-15-14(9-12)13-7-8-19-16(13)17(22)20-15;1-2-3(4)5/h1-9,19,21H,18H2,(H,20,22);2H2,1H3,(H,4,5). The fourth-order valence-electron chi connectivity index (χ4n) is 2.75. The number of hydrogen-bond donors (Lipinski definition) is 5. The SMILES string of the molecule is CCC(=O)O.Nc1ccc(NS(=O)(=O)c2ccc3[nH]c(=O)c4[nH]ccc4c3c2)cc1. The molecular weight excluding hydrogens is 408 g/mol. The van der Waals surface area contributed by atoms with Crippen molar-refractivity contribution < 1.29 is 18.3 Å². The number of fused-ring (bicyclic) bond motifs is 3. The summed E-state index contributed by atoms with van der Waals surface area (Å²) in [6.07, 6.45) is 1.87. The van der Waals surface area contributed by atoms with Crippen LogP contribution >= 0.6 is 0 Å². The molecule has 30 heavy (non-hydrogen) atoms. The first-order valence-corrected chi connectivity index (χ1v) is 10.4. The third kappa shape index (κ3) is 4.44. The molecule has 156 valence electrons. The van der Waals surface area contributed by atoms with Gasteiger partial charge in [0.15, 0.2) is 0 Å². The molecule has 0 saturated heterocycles. The Morgan fingerprint density at radius 2 is 1.77 bits per heavy atom. The van der Waals surface area contributed by atoms with Crippen molar-refractivity contribution in [2.45, 2.75) is 18.2 Å². The van der Waals surface area contributed by atoms with Gasteiger partial charge in [-0.05, 0) is 48.5 Å². The van der Waals surface area contributed by atoms with E-state index in [0.717, 1.165) is 0 Å². The van der Waals surface area contributed by atoms with Crippen LogP contribution in [0.4, 0.5) is 11.4 Å². The number of anilines is 2. The summed E-state index contributed by atoms with van der Waals surface area (Å²) in [6, 6.07) is 12.7. The molecule has 4 aromatic rings. The van der Waals surface area contributed by atoms with Gasteiger partial charge in [-0.3, -0.25) is 14.3 Å². The molecule has 0 bridgehead atoms. The van der Waals surface area contributed by atoms with Gasteiger partial charge < -0.3 is 20.8 Å². The van der Waals surface area contributed by atoms with Gasteiger partial charge >= 0.3 is 5.97 Å². The molecule has 2 heterocycles. The highest BCUT2D eigenvalue weighted by Crippen LogP contribution is 2.25. The molecule has 0 radical (unpaired) electrons. The van der Waals surface area contributed by atoms with Crippen LogP contribution in [0.5, 0.6) is 0 Å². The van der Waals surface area contributed by atoms with Crippen LogP contribution in [0.2, 0.25) is 0 Å². The molecule has 0 amide bonds. The number of aromatic amines is 2. The predicted molar refractivity (Wildman–Crippen MR) is 116 cm³/mol. The topological polar surface area (TPSA) is 158 Å². The summed E-state index contributed by atoms with van der Waals surface area (Å²) in [6.45, 7) is 1.60. The van der Waals surface area contributed by atoms with Crippen molar-refractivity contribution in [3.05, 3.63) is 65.1 Å². The molecule has 6 N–H and O–H groups in total. The monoisotopic (exact) mass is 428 g/mol. The lowest BCUT2D eigenvalue weighted by atomic mass is 10.1. The van der Waals surface area contributed by atoms with E-state index in [-0.39, 0.29) is 16.9 Å². The number of aromatic nitrogens is 2. The van der Waals surface area contributed by atoms with Crippen LogP contribution < -0.4 is 16.0 Å². The fraction of sp³-hybridized carbons (Fsp3) is 0.100. The highest BCUT2D eigenvalue weighted by molar-refractivity contribution is 7.92. The van der Waals surface area contributed by atoms with Gasteiger partial charge in [0.2, 0.25) is 0 Å². The molecule has 4 rings (SSSR count). The van der Waals surface area contributed by atoms with E-state index < -0.39 is 16.0 Å². The van der Waals surface area contributed by atoms with E-state index in [1.807, 2.05) is 0 Å². The summed E-state index contributed by atoms with van der Waals surface area (Å²) in [5.41, 5.74) is 7.31. The van der Waals surface area contributed by atoms with Gasteiger partial charge in [-0.1, -0.05) is 6.92 Å². The Kier molecular flexibility index (Phi) is 5.79. The summed E-state index contributed by atoms with van der Waals surface area (Å²) in [5, 5.41) is 9.04. The molecule has 9 nitrogen and oxygen atoms in total. The molecule has 0 saturated carbocycles. The van der Waals surface area contributed by atoms with E-state index in [2.05, 4.69) is 14.7 Å². The largest absolute Gasteiger partial charge is 0.481 e. The van der Waals surface area contributed by atoms with Gasteiger partial charge in [0.25, 0.3) is 15.6 Å². The third-order valence-electron chi connectivity index (χ3n) is 4.28. The number of pyridine rings is 1. The van der Waals surface area contributed by atoms with E-state index in [1.165, 1.54) is 6.07 Å². The van der Waals surface area contributed by atoms with Crippen molar-refractivity contribution in [3.8, 4) is 0 Å². The number of H-pyrrole nitrogens is 2. The molecule has 0 aliphatic rings. The number of aliphatic carboxylic acids is 1. The molecule has 0 unspecified atom stereocenters. The molecule has 0 aliphatic heterocycles. The lowest BCUT2D eigenvalue weighted by molar-refractivity contribution is -0.136. The molecule has 0 aliphatic carbocycles. The number of carboxylic acids is 1. The van der Waals surface area contributed by atoms with Crippen molar-refractivity contribution in [1.29, 1.82) is 0 Å². The lowest BCUT2D eigenvalue weighted by Gasteiger charge is -2.09. The number of nitrogens with two attached hydrogens (primary N) is 1. The Labute approximate surface area is 171 Å². The summed E-state index contributed by atoms with van der Waals surface area (Å²) in [5.74, 6) is -0.745. The maximum absolute atomic E-state index is 12.6. The van der Waals surface area contributed by atoms with Crippen LogP contribution in [-0.4, -0.2) is 29.5 Å².